The molecule has 1 atom stereocenters. The molecule has 0 spiro atoms. The molecule has 0 saturated carbocycles. The van der Waals surface area contributed by atoms with Crippen LogP contribution in [0.3, 0.4) is 0 Å². The van der Waals surface area contributed by atoms with Crippen LogP contribution in [0.4, 0.5) is 0 Å². The Morgan fingerprint density at radius 1 is 1.27 bits per heavy atom. The molecule has 8 heteroatoms. The zero-order chi connectivity index (χ0) is 15.6. The molecule has 3 heterocycles. The Labute approximate surface area is 129 Å². The Kier molecular flexibility index (Phi) is 4.21. The van der Waals surface area contributed by atoms with Crippen molar-refractivity contribution in [2.45, 2.75) is 36.7 Å². The van der Waals surface area contributed by atoms with Gasteiger partial charge < -0.3 is 0 Å². The summed E-state index contributed by atoms with van der Waals surface area (Å²) in [5, 5.41) is 6.85. The van der Waals surface area contributed by atoms with Crippen LogP contribution in [0.1, 0.15) is 36.6 Å². The van der Waals surface area contributed by atoms with Crippen LogP contribution in [0.5, 0.6) is 0 Å². The van der Waals surface area contributed by atoms with Gasteiger partial charge in [-0.1, -0.05) is 6.42 Å². The molecule has 0 amide bonds. The summed E-state index contributed by atoms with van der Waals surface area (Å²) < 4.78 is 23.8. The molecule has 0 aliphatic carbocycles. The second kappa shape index (κ2) is 6.13. The maximum absolute atomic E-state index is 11.9. The first-order valence-corrected chi connectivity index (χ1v) is 9.16. The number of H-pyrrole nitrogens is 1. The average Bonchev–Trinajstić information content (AvgIpc) is 2.98. The maximum atomic E-state index is 11.9. The van der Waals surface area contributed by atoms with E-state index < -0.39 is 9.84 Å². The molecule has 0 aromatic carbocycles. The lowest BCUT2D eigenvalue weighted by Gasteiger charge is -2.35. The van der Waals surface area contributed by atoms with Crippen molar-refractivity contribution in [1.82, 2.24) is 25.1 Å². The minimum Gasteiger partial charge on any atom is -0.290 e. The van der Waals surface area contributed by atoms with Crippen LogP contribution in [0.15, 0.2) is 29.8 Å². The van der Waals surface area contributed by atoms with Gasteiger partial charge in [-0.3, -0.25) is 10.00 Å². The molecule has 22 heavy (non-hydrogen) atoms. The normalized spacial score (nSPS) is 20.1. The Balaban J connectivity index is 1.89. The third-order valence-electron chi connectivity index (χ3n) is 3.98. The highest BCUT2D eigenvalue weighted by molar-refractivity contribution is 7.90. The highest BCUT2D eigenvalue weighted by Gasteiger charge is 2.30. The fourth-order valence-corrected chi connectivity index (χ4v) is 3.80. The molecule has 1 aliphatic heterocycles. The molecule has 2 aromatic heterocycles. The van der Waals surface area contributed by atoms with Gasteiger partial charge in [-0.25, -0.2) is 18.4 Å². The van der Waals surface area contributed by atoms with Crippen LogP contribution < -0.4 is 0 Å². The highest BCUT2D eigenvalue weighted by Crippen LogP contribution is 2.34. The van der Waals surface area contributed by atoms with E-state index in [9.17, 15) is 8.42 Å². The number of nitrogens with zero attached hydrogens (tertiary/aromatic N) is 4. The minimum atomic E-state index is -3.28. The topological polar surface area (TPSA) is 91.8 Å². The first kappa shape index (κ1) is 15.1. The highest BCUT2D eigenvalue weighted by atomic mass is 32.2. The van der Waals surface area contributed by atoms with Gasteiger partial charge in [0.05, 0.1) is 17.9 Å². The molecule has 0 bridgehead atoms. The predicted octanol–water partition coefficient (Wildman–Crippen LogP) is 1.33. The lowest BCUT2D eigenvalue weighted by molar-refractivity contribution is 0.135. The van der Waals surface area contributed by atoms with Crippen LogP contribution in [-0.4, -0.2) is 46.3 Å². The van der Waals surface area contributed by atoms with Crippen LogP contribution in [0.25, 0.3) is 0 Å². The largest absolute Gasteiger partial charge is 0.290 e. The van der Waals surface area contributed by atoms with Crippen LogP contribution >= 0.6 is 0 Å². The van der Waals surface area contributed by atoms with Crippen molar-refractivity contribution in [3.05, 3.63) is 36.2 Å². The first-order chi connectivity index (χ1) is 10.6. The number of likely N-dealkylation sites (tertiary alicyclic amines) is 1. The van der Waals surface area contributed by atoms with Gasteiger partial charge >= 0.3 is 0 Å². The van der Waals surface area contributed by atoms with Crippen LogP contribution in [0, 0.1) is 0 Å². The molecule has 0 radical (unpaired) electrons. The summed E-state index contributed by atoms with van der Waals surface area (Å²) >= 11 is 0. The van der Waals surface area contributed by atoms with E-state index in [1.165, 1.54) is 18.8 Å². The monoisotopic (exact) mass is 321 g/mol. The molecule has 1 aliphatic rings. The average molecular weight is 321 g/mol. The van der Waals surface area contributed by atoms with E-state index in [2.05, 4.69) is 25.1 Å². The van der Waals surface area contributed by atoms with Crippen molar-refractivity contribution < 1.29 is 8.42 Å². The Morgan fingerprint density at radius 3 is 2.77 bits per heavy atom. The second-order valence-corrected chi connectivity index (χ2v) is 7.63. The number of nitrogens with one attached hydrogen (secondary N) is 1. The zero-order valence-corrected chi connectivity index (χ0v) is 13.3. The lowest BCUT2D eigenvalue weighted by atomic mass is 9.99. The summed E-state index contributed by atoms with van der Waals surface area (Å²) in [5.41, 5.74) is 1.72. The fraction of sp³-hybridized carbons (Fsp3) is 0.500. The number of hydrogen-bond donors (Lipinski definition) is 1. The van der Waals surface area contributed by atoms with Gasteiger partial charge in [0, 0.05) is 30.8 Å². The molecule has 1 N–H and O–H groups in total. The van der Waals surface area contributed by atoms with Crippen molar-refractivity contribution in [3.8, 4) is 0 Å². The van der Waals surface area contributed by atoms with Gasteiger partial charge in [0.1, 0.15) is 11.2 Å². The molecular formula is C14H19N5O2S. The van der Waals surface area contributed by atoms with Gasteiger partial charge in [-0.2, -0.15) is 5.10 Å². The molecule has 1 saturated heterocycles. The van der Waals surface area contributed by atoms with E-state index in [0.29, 0.717) is 17.1 Å². The van der Waals surface area contributed by atoms with Gasteiger partial charge in [-0.05, 0) is 19.4 Å². The van der Waals surface area contributed by atoms with E-state index >= 15 is 0 Å². The van der Waals surface area contributed by atoms with E-state index in [4.69, 9.17) is 0 Å². The third-order valence-corrected chi connectivity index (χ3v) is 5.10. The van der Waals surface area contributed by atoms with E-state index in [0.717, 1.165) is 31.4 Å². The van der Waals surface area contributed by atoms with E-state index in [1.807, 2.05) is 0 Å². The van der Waals surface area contributed by atoms with Crippen molar-refractivity contribution in [2.24, 2.45) is 0 Å². The predicted molar refractivity (Wildman–Crippen MR) is 80.7 cm³/mol. The summed E-state index contributed by atoms with van der Waals surface area (Å²) in [6.07, 6.45) is 10.8. The van der Waals surface area contributed by atoms with Gasteiger partial charge in [0.25, 0.3) is 0 Å². The fourth-order valence-electron chi connectivity index (χ4n) is 2.97. The Bertz CT molecular complexity index is 729. The van der Waals surface area contributed by atoms with E-state index in [1.54, 1.807) is 12.4 Å². The van der Waals surface area contributed by atoms with Crippen LogP contribution in [-0.2, 0) is 16.4 Å². The standard InChI is InChI=1S/C14H19N5O2S/c1-22(20,21)13-8-17-18-14(13)12-4-2-3-5-19(12)9-11-6-15-10-16-7-11/h6-8,10,12H,2-5,9H2,1H3,(H,17,18)/t12-/m1/s1. The SMILES string of the molecule is CS(=O)(=O)c1cn[nH]c1[C@H]1CCCCN1Cc1cncnc1. The summed E-state index contributed by atoms with van der Waals surface area (Å²) in [5.74, 6) is 0. The number of sulfone groups is 1. The molecule has 1 fully saturated rings. The van der Waals surface area contributed by atoms with Crippen molar-refractivity contribution in [2.75, 3.05) is 12.8 Å². The number of rotatable bonds is 4. The zero-order valence-electron chi connectivity index (χ0n) is 12.4. The van der Waals surface area contributed by atoms with Gasteiger partial charge in [-0.15, -0.1) is 0 Å². The molecule has 118 valence electrons. The quantitative estimate of drug-likeness (QED) is 0.913. The van der Waals surface area contributed by atoms with Crippen molar-refractivity contribution in [1.29, 1.82) is 0 Å². The minimum absolute atomic E-state index is 0.0289. The van der Waals surface area contributed by atoms with Crippen molar-refractivity contribution >= 4 is 9.84 Å². The Morgan fingerprint density at radius 2 is 2.05 bits per heavy atom. The molecule has 3 rings (SSSR count). The molecular weight excluding hydrogens is 302 g/mol. The lowest BCUT2D eigenvalue weighted by Crippen LogP contribution is -2.34. The number of aromatic amines is 1. The van der Waals surface area contributed by atoms with Gasteiger partial charge in [0.2, 0.25) is 0 Å². The smallest absolute Gasteiger partial charge is 0.178 e. The summed E-state index contributed by atoms with van der Waals surface area (Å²) in [4.78, 5) is 10.6. The van der Waals surface area contributed by atoms with Crippen molar-refractivity contribution in [3.63, 3.8) is 0 Å². The molecule has 2 aromatic rings. The first-order valence-electron chi connectivity index (χ1n) is 7.27. The summed E-state index contributed by atoms with van der Waals surface area (Å²) in [7, 11) is -3.28. The van der Waals surface area contributed by atoms with Gasteiger partial charge in [0.15, 0.2) is 9.84 Å². The summed E-state index contributed by atoms with van der Waals surface area (Å²) in [6, 6.07) is 0.0289. The maximum Gasteiger partial charge on any atom is 0.178 e. The number of aromatic nitrogens is 4. The Hall–Kier alpha value is -1.80. The molecule has 0 unspecified atom stereocenters. The number of piperidine rings is 1. The van der Waals surface area contributed by atoms with E-state index in [-0.39, 0.29) is 6.04 Å². The summed E-state index contributed by atoms with van der Waals surface area (Å²) in [6.45, 7) is 1.62. The van der Waals surface area contributed by atoms with Crippen LogP contribution in [0.2, 0.25) is 0 Å². The second-order valence-electron chi connectivity index (χ2n) is 5.65. The number of hydrogen-bond acceptors (Lipinski definition) is 6. The molecule has 7 nitrogen and oxygen atoms in total. The third kappa shape index (κ3) is 3.17.